The van der Waals surface area contributed by atoms with Crippen LogP contribution in [0.2, 0.25) is 0 Å². The third-order valence-corrected chi connectivity index (χ3v) is 5.70. The van der Waals surface area contributed by atoms with Crippen LogP contribution in [0.25, 0.3) is 0 Å². The maximum Gasteiger partial charge on any atom is 0.239 e. The number of hydrogen-bond acceptors (Lipinski definition) is 7. The Labute approximate surface area is 160 Å². The maximum atomic E-state index is 12.2. The van der Waals surface area contributed by atoms with Gasteiger partial charge in [0.25, 0.3) is 0 Å². The van der Waals surface area contributed by atoms with Gasteiger partial charge in [0.1, 0.15) is 0 Å². The minimum absolute atomic E-state index is 0.0895. The van der Waals surface area contributed by atoms with Gasteiger partial charge in [0.15, 0.2) is 4.34 Å². The minimum Gasteiger partial charge on any atom is -0.352 e. The Morgan fingerprint density at radius 3 is 2.88 bits per heavy atom. The Hall–Kier alpha value is -2.13. The zero-order chi connectivity index (χ0) is 18.5. The lowest BCUT2D eigenvalue weighted by atomic mass is 10.2. The summed E-state index contributed by atoms with van der Waals surface area (Å²) < 4.78 is 0.712. The molecular formula is C17H21N5O2S2. The van der Waals surface area contributed by atoms with Crippen molar-refractivity contribution in [3.63, 3.8) is 0 Å². The number of anilines is 2. The van der Waals surface area contributed by atoms with Gasteiger partial charge in [-0.3, -0.25) is 9.59 Å². The third-order valence-electron chi connectivity index (χ3n) is 3.74. The molecule has 0 radical (unpaired) electrons. The van der Waals surface area contributed by atoms with Crippen molar-refractivity contribution in [3.05, 3.63) is 29.8 Å². The van der Waals surface area contributed by atoms with E-state index < -0.39 is 0 Å². The van der Waals surface area contributed by atoms with E-state index in [1.54, 1.807) is 7.05 Å². The molecule has 1 heterocycles. The Balaban J connectivity index is 1.44. The van der Waals surface area contributed by atoms with Gasteiger partial charge in [0.05, 0.1) is 12.3 Å². The molecule has 138 valence electrons. The lowest BCUT2D eigenvalue weighted by Gasteiger charge is -2.16. The van der Waals surface area contributed by atoms with E-state index in [1.165, 1.54) is 28.0 Å². The second-order valence-corrected chi connectivity index (χ2v) is 8.45. The standard InChI is InChI=1S/C17H21N5O2S2/c1-11-4-3-5-13(8-11)19-16-20-21-17(26-16)25-10-15(24)22(2)9-14(23)18-12-6-7-12/h3-5,8,12H,6-7,9-10H2,1-2H3,(H,18,23)(H,19,20). The first-order chi connectivity index (χ1) is 12.5. The molecular weight excluding hydrogens is 370 g/mol. The lowest BCUT2D eigenvalue weighted by Crippen LogP contribution is -2.39. The fourth-order valence-corrected chi connectivity index (χ4v) is 3.92. The molecule has 7 nitrogen and oxygen atoms in total. The third kappa shape index (κ3) is 5.70. The average molecular weight is 392 g/mol. The van der Waals surface area contributed by atoms with Gasteiger partial charge in [-0.2, -0.15) is 0 Å². The number of benzene rings is 1. The number of thioether (sulfide) groups is 1. The largest absolute Gasteiger partial charge is 0.352 e. The zero-order valence-electron chi connectivity index (χ0n) is 14.7. The molecule has 9 heteroatoms. The van der Waals surface area contributed by atoms with Crippen LogP contribution < -0.4 is 10.6 Å². The Morgan fingerprint density at radius 2 is 2.15 bits per heavy atom. The molecule has 1 fully saturated rings. The topological polar surface area (TPSA) is 87.2 Å². The molecule has 1 aliphatic rings. The fraction of sp³-hybridized carbons (Fsp3) is 0.412. The average Bonchev–Trinajstić information content (AvgIpc) is 3.29. The summed E-state index contributed by atoms with van der Waals surface area (Å²) >= 11 is 2.72. The van der Waals surface area contributed by atoms with Gasteiger partial charge in [-0.15, -0.1) is 10.2 Å². The van der Waals surface area contributed by atoms with E-state index in [9.17, 15) is 9.59 Å². The molecule has 0 unspecified atom stereocenters. The van der Waals surface area contributed by atoms with Crippen molar-refractivity contribution in [2.75, 3.05) is 24.7 Å². The number of rotatable bonds is 8. The SMILES string of the molecule is Cc1cccc(Nc2nnc(SCC(=O)N(C)CC(=O)NC3CC3)s2)c1. The first kappa shape index (κ1) is 18.7. The molecule has 26 heavy (non-hydrogen) atoms. The molecule has 0 spiro atoms. The number of carbonyl (C=O) groups excluding carboxylic acids is 2. The van der Waals surface area contributed by atoms with E-state index in [1.807, 2.05) is 31.2 Å². The molecule has 3 rings (SSSR count). The molecule has 1 aromatic carbocycles. The molecule has 0 saturated heterocycles. The summed E-state index contributed by atoms with van der Waals surface area (Å²) in [6.45, 7) is 2.12. The van der Waals surface area contributed by atoms with Gasteiger partial charge >= 0.3 is 0 Å². The van der Waals surface area contributed by atoms with E-state index >= 15 is 0 Å². The summed E-state index contributed by atoms with van der Waals surface area (Å²) in [7, 11) is 1.64. The Kier molecular flexibility index (Phi) is 6.10. The highest BCUT2D eigenvalue weighted by Crippen LogP contribution is 2.28. The molecule has 2 amide bonds. The monoisotopic (exact) mass is 391 g/mol. The first-order valence-electron chi connectivity index (χ1n) is 8.33. The van der Waals surface area contributed by atoms with E-state index in [2.05, 4.69) is 20.8 Å². The molecule has 0 bridgehead atoms. The van der Waals surface area contributed by atoms with E-state index in [4.69, 9.17) is 0 Å². The van der Waals surface area contributed by atoms with Crippen molar-refractivity contribution in [2.45, 2.75) is 30.1 Å². The second-order valence-electron chi connectivity index (χ2n) is 6.25. The highest BCUT2D eigenvalue weighted by molar-refractivity contribution is 8.01. The summed E-state index contributed by atoms with van der Waals surface area (Å²) in [4.78, 5) is 25.3. The lowest BCUT2D eigenvalue weighted by molar-refractivity contribution is -0.132. The highest BCUT2D eigenvalue weighted by atomic mass is 32.2. The van der Waals surface area contributed by atoms with Crippen molar-refractivity contribution in [1.29, 1.82) is 0 Å². The quantitative estimate of drug-likeness (QED) is 0.672. The predicted molar refractivity (Wildman–Crippen MR) is 104 cm³/mol. The van der Waals surface area contributed by atoms with Crippen LogP contribution in [0.4, 0.5) is 10.8 Å². The summed E-state index contributed by atoms with van der Waals surface area (Å²) in [5.74, 6) is 0.0185. The van der Waals surface area contributed by atoms with Gasteiger partial charge in [-0.25, -0.2) is 0 Å². The van der Waals surface area contributed by atoms with Crippen molar-refractivity contribution in [3.8, 4) is 0 Å². The van der Waals surface area contributed by atoms with Gasteiger partial charge < -0.3 is 15.5 Å². The molecule has 0 aliphatic heterocycles. The number of amides is 2. The molecule has 1 aliphatic carbocycles. The number of aromatic nitrogens is 2. The van der Waals surface area contributed by atoms with Crippen LogP contribution in [0.15, 0.2) is 28.6 Å². The normalized spacial score (nSPS) is 13.3. The smallest absolute Gasteiger partial charge is 0.239 e. The van der Waals surface area contributed by atoms with E-state index in [0.29, 0.717) is 15.5 Å². The van der Waals surface area contributed by atoms with Gasteiger partial charge in [0, 0.05) is 18.8 Å². The summed E-state index contributed by atoms with van der Waals surface area (Å²) in [5.41, 5.74) is 2.11. The van der Waals surface area contributed by atoms with Gasteiger partial charge in [0.2, 0.25) is 16.9 Å². The number of nitrogens with zero attached hydrogens (tertiary/aromatic N) is 3. The first-order valence-corrected chi connectivity index (χ1v) is 10.1. The fourth-order valence-electron chi connectivity index (χ4n) is 2.20. The maximum absolute atomic E-state index is 12.2. The highest BCUT2D eigenvalue weighted by Gasteiger charge is 2.24. The molecule has 1 aromatic heterocycles. The van der Waals surface area contributed by atoms with Crippen LogP contribution >= 0.6 is 23.1 Å². The van der Waals surface area contributed by atoms with Crippen molar-refractivity contribution in [1.82, 2.24) is 20.4 Å². The Bertz CT molecular complexity index is 791. The van der Waals surface area contributed by atoms with Crippen LogP contribution in [-0.2, 0) is 9.59 Å². The van der Waals surface area contributed by atoms with Crippen LogP contribution in [0.1, 0.15) is 18.4 Å². The predicted octanol–water partition coefficient (Wildman–Crippen LogP) is 2.42. The van der Waals surface area contributed by atoms with Crippen LogP contribution in [0, 0.1) is 6.92 Å². The molecule has 2 N–H and O–H groups in total. The van der Waals surface area contributed by atoms with E-state index in [-0.39, 0.29) is 24.1 Å². The van der Waals surface area contributed by atoms with Crippen LogP contribution in [0.3, 0.4) is 0 Å². The second kappa shape index (κ2) is 8.50. The van der Waals surface area contributed by atoms with Crippen molar-refractivity contribution in [2.24, 2.45) is 0 Å². The number of likely N-dealkylation sites (N-methyl/N-ethyl adjacent to an activating group) is 1. The zero-order valence-corrected chi connectivity index (χ0v) is 16.3. The van der Waals surface area contributed by atoms with E-state index in [0.717, 1.165) is 24.1 Å². The number of nitrogens with one attached hydrogen (secondary N) is 2. The van der Waals surface area contributed by atoms with Crippen molar-refractivity contribution >= 4 is 45.7 Å². The summed E-state index contributed by atoms with van der Waals surface area (Å²) in [6, 6.07) is 8.30. The van der Waals surface area contributed by atoms with Crippen molar-refractivity contribution < 1.29 is 9.59 Å². The molecule has 1 saturated carbocycles. The molecule has 0 atom stereocenters. The summed E-state index contributed by atoms with van der Waals surface area (Å²) in [6.07, 6.45) is 2.07. The van der Waals surface area contributed by atoms with Crippen LogP contribution in [0.5, 0.6) is 0 Å². The minimum atomic E-state index is -0.107. The molecule has 2 aromatic rings. The van der Waals surface area contributed by atoms with Gasteiger partial charge in [-0.05, 0) is 37.5 Å². The number of hydrogen-bond donors (Lipinski definition) is 2. The van der Waals surface area contributed by atoms with Gasteiger partial charge in [-0.1, -0.05) is 35.2 Å². The summed E-state index contributed by atoms with van der Waals surface area (Å²) in [5, 5.41) is 15.0. The van der Waals surface area contributed by atoms with Crippen LogP contribution in [-0.4, -0.2) is 52.3 Å². The number of carbonyl (C=O) groups is 2. The number of aryl methyl sites for hydroxylation is 1. The Morgan fingerprint density at radius 1 is 1.35 bits per heavy atom.